The highest BCUT2D eigenvalue weighted by atomic mass is 16.2. The molecule has 2 heterocycles. The monoisotopic (exact) mass is 250 g/mol. The molecule has 2 rings (SSSR count). The standard InChI is InChI=1S/C13H22N4O/c1-9-7-12(16(3)15-9)13(18)17-6-4-5-11(8-17)10(2)14/h7,10-11H,4-6,8,14H2,1-3H3. The van der Waals surface area contributed by atoms with Crippen LogP contribution in [0.3, 0.4) is 0 Å². The fraction of sp³-hybridized carbons (Fsp3) is 0.692. The van der Waals surface area contributed by atoms with E-state index < -0.39 is 0 Å². The van der Waals surface area contributed by atoms with Gasteiger partial charge in [0.25, 0.3) is 5.91 Å². The van der Waals surface area contributed by atoms with E-state index in [9.17, 15) is 4.79 Å². The van der Waals surface area contributed by atoms with Gasteiger partial charge in [0, 0.05) is 26.2 Å². The van der Waals surface area contributed by atoms with Gasteiger partial charge >= 0.3 is 0 Å². The van der Waals surface area contributed by atoms with Crippen LogP contribution in [0.4, 0.5) is 0 Å². The summed E-state index contributed by atoms with van der Waals surface area (Å²) in [6.07, 6.45) is 2.15. The van der Waals surface area contributed by atoms with Gasteiger partial charge in [0.2, 0.25) is 0 Å². The van der Waals surface area contributed by atoms with Crippen molar-refractivity contribution in [3.05, 3.63) is 17.5 Å². The molecule has 2 atom stereocenters. The van der Waals surface area contributed by atoms with Gasteiger partial charge in [-0.3, -0.25) is 9.48 Å². The predicted octanol–water partition coefficient (Wildman–Crippen LogP) is 0.928. The fourth-order valence-corrected chi connectivity index (χ4v) is 2.60. The smallest absolute Gasteiger partial charge is 0.272 e. The predicted molar refractivity (Wildman–Crippen MR) is 70.2 cm³/mol. The summed E-state index contributed by atoms with van der Waals surface area (Å²) in [5.41, 5.74) is 7.49. The first kappa shape index (κ1) is 13.1. The van der Waals surface area contributed by atoms with Gasteiger partial charge in [0.1, 0.15) is 5.69 Å². The van der Waals surface area contributed by atoms with Crippen LogP contribution in [0.1, 0.15) is 35.9 Å². The zero-order chi connectivity index (χ0) is 13.3. The van der Waals surface area contributed by atoms with Crippen LogP contribution in [-0.4, -0.2) is 39.7 Å². The lowest BCUT2D eigenvalue weighted by Crippen LogP contribution is -2.45. The van der Waals surface area contributed by atoms with Gasteiger partial charge in [-0.25, -0.2) is 0 Å². The molecule has 0 bridgehead atoms. The van der Waals surface area contributed by atoms with Crippen molar-refractivity contribution in [2.75, 3.05) is 13.1 Å². The van der Waals surface area contributed by atoms with Crippen LogP contribution in [0, 0.1) is 12.8 Å². The number of rotatable bonds is 2. The number of aromatic nitrogens is 2. The maximum Gasteiger partial charge on any atom is 0.272 e. The quantitative estimate of drug-likeness (QED) is 0.849. The summed E-state index contributed by atoms with van der Waals surface area (Å²) < 4.78 is 1.66. The van der Waals surface area contributed by atoms with Gasteiger partial charge in [-0.05, 0) is 38.7 Å². The summed E-state index contributed by atoms with van der Waals surface area (Å²) in [6, 6.07) is 1.99. The third-order valence-corrected chi connectivity index (χ3v) is 3.71. The molecule has 5 nitrogen and oxygen atoms in total. The van der Waals surface area contributed by atoms with E-state index in [0.29, 0.717) is 11.6 Å². The second kappa shape index (κ2) is 5.10. The molecule has 0 aliphatic carbocycles. The molecule has 0 aromatic carbocycles. The van der Waals surface area contributed by atoms with Crippen LogP contribution in [0.2, 0.25) is 0 Å². The Bertz CT molecular complexity index is 438. The van der Waals surface area contributed by atoms with Crippen molar-refractivity contribution in [1.29, 1.82) is 0 Å². The third kappa shape index (κ3) is 2.56. The Morgan fingerprint density at radius 3 is 2.89 bits per heavy atom. The van der Waals surface area contributed by atoms with E-state index in [-0.39, 0.29) is 11.9 Å². The summed E-state index contributed by atoms with van der Waals surface area (Å²) in [7, 11) is 1.81. The van der Waals surface area contributed by atoms with Crippen LogP contribution in [0.25, 0.3) is 0 Å². The third-order valence-electron chi connectivity index (χ3n) is 3.71. The van der Waals surface area contributed by atoms with E-state index in [0.717, 1.165) is 31.6 Å². The molecule has 1 aliphatic heterocycles. The van der Waals surface area contributed by atoms with Crippen LogP contribution in [0.5, 0.6) is 0 Å². The van der Waals surface area contributed by atoms with Crippen molar-refractivity contribution in [3.63, 3.8) is 0 Å². The van der Waals surface area contributed by atoms with Crippen LogP contribution in [-0.2, 0) is 7.05 Å². The molecule has 18 heavy (non-hydrogen) atoms. The zero-order valence-corrected chi connectivity index (χ0v) is 11.4. The highest BCUT2D eigenvalue weighted by Crippen LogP contribution is 2.20. The zero-order valence-electron chi connectivity index (χ0n) is 11.4. The number of carbonyl (C=O) groups excluding carboxylic acids is 1. The van der Waals surface area contributed by atoms with Gasteiger partial charge in [-0.15, -0.1) is 0 Å². The first-order valence-electron chi connectivity index (χ1n) is 6.54. The van der Waals surface area contributed by atoms with Gasteiger partial charge in [0.05, 0.1) is 5.69 Å². The molecule has 1 aromatic heterocycles. The van der Waals surface area contributed by atoms with Crippen molar-refractivity contribution in [2.45, 2.75) is 32.7 Å². The number of aryl methyl sites for hydroxylation is 2. The summed E-state index contributed by atoms with van der Waals surface area (Å²) >= 11 is 0. The number of nitrogens with two attached hydrogens (primary N) is 1. The summed E-state index contributed by atoms with van der Waals surface area (Å²) in [6.45, 7) is 5.51. The largest absolute Gasteiger partial charge is 0.337 e. The molecule has 1 aliphatic rings. The first-order chi connectivity index (χ1) is 8.49. The number of hydrogen-bond acceptors (Lipinski definition) is 3. The molecule has 5 heteroatoms. The number of nitrogens with zero attached hydrogens (tertiary/aromatic N) is 3. The summed E-state index contributed by atoms with van der Waals surface area (Å²) in [5, 5.41) is 4.23. The lowest BCUT2D eigenvalue weighted by atomic mass is 9.92. The van der Waals surface area contributed by atoms with Crippen molar-refractivity contribution in [3.8, 4) is 0 Å². The minimum Gasteiger partial charge on any atom is -0.337 e. The lowest BCUT2D eigenvalue weighted by molar-refractivity contribution is 0.0650. The van der Waals surface area contributed by atoms with E-state index >= 15 is 0 Å². The number of piperidine rings is 1. The van der Waals surface area contributed by atoms with Crippen molar-refractivity contribution in [2.24, 2.45) is 18.7 Å². The van der Waals surface area contributed by atoms with Crippen LogP contribution < -0.4 is 5.73 Å². The SMILES string of the molecule is Cc1cc(C(=O)N2CCCC(C(C)N)C2)n(C)n1. The molecular weight excluding hydrogens is 228 g/mol. The van der Waals surface area contributed by atoms with Crippen LogP contribution in [0.15, 0.2) is 6.07 Å². The normalized spacial score (nSPS) is 22.0. The summed E-state index contributed by atoms with van der Waals surface area (Å²) in [4.78, 5) is 14.3. The second-order valence-electron chi connectivity index (χ2n) is 5.31. The van der Waals surface area contributed by atoms with E-state index in [4.69, 9.17) is 5.73 Å². The van der Waals surface area contributed by atoms with Crippen molar-refractivity contribution < 1.29 is 4.79 Å². The van der Waals surface area contributed by atoms with Crippen molar-refractivity contribution >= 4 is 5.91 Å². The Morgan fingerprint density at radius 1 is 1.61 bits per heavy atom. The lowest BCUT2D eigenvalue weighted by Gasteiger charge is -2.34. The van der Waals surface area contributed by atoms with Gasteiger partial charge in [-0.2, -0.15) is 5.10 Å². The Morgan fingerprint density at radius 2 is 2.33 bits per heavy atom. The van der Waals surface area contributed by atoms with E-state index in [1.165, 1.54) is 0 Å². The highest BCUT2D eigenvalue weighted by Gasteiger charge is 2.27. The maximum absolute atomic E-state index is 12.4. The average Bonchev–Trinajstić information content (AvgIpc) is 2.67. The average molecular weight is 250 g/mol. The Kier molecular flexibility index (Phi) is 3.71. The number of hydrogen-bond donors (Lipinski definition) is 1. The molecule has 1 fully saturated rings. The topological polar surface area (TPSA) is 64.2 Å². The van der Waals surface area contributed by atoms with E-state index in [1.54, 1.807) is 4.68 Å². The van der Waals surface area contributed by atoms with Gasteiger partial charge in [0.15, 0.2) is 0 Å². The van der Waals surface area contributed by atoms with Crippen LogP contribution >= 0.6 is 0 Å². The molecule has 1 amide bonds. The molecule has 0 radical (unpaired) electrons. The molecule has 1 saturated heterocycles. The second-order valence-corrected chi connectivity index (χ2v) is 5.31. The minimum absolute atomic E-state index is 0.0726. The van der Waals surface area contributed by atoms with E-state index in [2.05, 4.69) is 5.10 Å². The maximum atomic E-state index is 12.4. The molecule has 100 valence electrons. The number of amides is 1. The molecule has 0 spiro atoms. The Labute approximate surface area is 108 Å². The summed E-state index contributed by atoms with van der Waals surface area (Å²) in [5.74, 6) is 0.487. The van der Waals surface area contributed by atoms with Gasteiger partial charge < -0.3 is 10.6 Å². The Hall–Kier alpha value is -1.36. The van der Waals surface area contributed by atoms with Gasteiger partial charge in [-0.1, -0.05) is 0 Å². The molecule has 0 saturated carbocycles. The van der Waals surface area contributed by atoms with E-state index in [1.807, 2.05) is 31.9 Å². The fourth-order valence-electron chi connectivity index (χ4n) is 2.60. The highest BCUT2D eigenvalue weighted by molar-refractivity contribution is 5.92. The molecule has 2 N–H and O–H groups in total. The number of carbonyl (C=O) groups is 1. The Balaban J connectivity index is 2.11. The molecular formula is C13H22N4O. The minimum atomic E-state index is 0.0726. The molecule has 2 unspecified atom stereocenters. The number of likely N-dealkylation sites (tertiary alicyclic amines) is 1. The van der Waals surface area contributed by atoms with Crippen molar-refractivity contribution in [1.82, 2.24) is 14.7 Å². The first-order valence-corrected chi connectivity index (χ1v) is 6.54. The molecule has 1 aromatic rings.